The maximum Gasteiger partial charge on any atom is 0.255 e. The number of hydrogen-bond donors (Lipinski definition) is 1. The summed E-state index contributed by atoms with van der Waals surface area (Å²) in [4.78, 5) is 12.7. The molecule has 0 aliphatic rings. The zero-order valence-electron chi connectivity index (χ0n) is 16.7. The summed E-state index contributed by atoms with van der Waals surface area (Å²) in [5, 5.41) is 7.00. The van der Waals surface area contributed by atoms with Crippen LogP contribution in [0.2, 0.25) is 0 Å². The number of halogens is 1. The van der Waals surface area contributed by atoms with Crippen molar-refractivity contribution in [2.45, 2.75) is 13.5 Å². The summed E-state index contributed by atoms with van der Waals surface area (Å²) in [7, 11) is 4.58. The fraction of sp³-hybridized carbons (Fsp3) is 0.238. The second kappa shape index (κ2) is 8.64. The fourth-order valence-corrected chi connectivity index (χ4v) is 3.01. The van der Waals surface area contributed by atoms with Crippen molar-refractivity contribution < 1.29 is 23.4 Å². The Morgan fingerprint density at radius 2 is 1.76 bits per heavy atom. The highest BCUT2D eigenvalue weighted by atomic mass is 19.1. The van der Waals surface area contributed by atoms with E-state index in [1.54, 1.807) is 37.3 Å². The lowest BCUT2D eigenvalue weighted by atomic mass is 10.1. The van der Waals surface area contributed by atoms with Crippen molar-refractivity contribution in [3.05, 3.63) is 65.2 Å². The Kier molecular flexibility index (Phi) is 6.01. The van der Waals surface area contributed by atoms with Gasteiger partial charge in [0.2, 0.25) is 5.75 Å². The van der Waals surface area contributed by atoms with E-state index in [1.807, 2.05) is 0 Å². The Morgan fingerprint density at radius 1 is 1.10 bits per heavy atom. The third-order valence-electron chi connectivity index (χ3n) is 4.51. The zero-order chi connectivity index (χ0) is 21.0. The molecule has 0 fully saturated rings. The van der Waals surface area contributed by atoms with Crippen LogP contribution in [-0.2, 0) is 6.54 Å². The number of ether oxygens (including phenoxy) is 3. The minimum absolute atomic E-state index is 0.236. The monoisotopic (exact) mass is 399 g/mol. The zero-order valence-corrected chi connectivity index (χ0v) is 16.7. The summed E-state index contributed by atoms with van der Waals surface area (Å²) in [6.07, 6.45) is 1.42. The van der Waals surface area contributed by atoms with Crippen LogP contribution in [-0.4, -0.2) is 37.0 Å². The van der Waals surface area contributed by atoms with Gasteiger partial charge in [-0.05, 0) is 36.8 Å². The molecule has 152 valence electrons. The number of hydrogen-bond acceptors (Lipinski definition) is 5. The molecule has 2 aromatic carbocycles. The van der Waals surface area contributed by atoms with Gasteiger partial charge in [-0.3, -0.25) is 4.79 Å². The fourth-order valence-electron chi connectivity index (χ4n) is 3.01. The van der Waals surface area contributed by atoms with E-state index < -0.39 is 5.82 Å². The van der Waals surface area contributed by atoms with E-state index in [0.717, 1.165) is 5.56 Å². The number of nitrogens with one attached hydrogen (secondary N) is 1. The number of para-hydroxylation sites is 1. The summed E-state index contributed by atoms with van der Waals surface area (Å²) in [6, 6.07) is 9.79. The van der Waals surface area contributed by atoms with Crippen LogP contribution in [0.3, 0.4) is 0 Å². The van der Waals surface area contributed by atoms with Crippen molar-refractivity contribution in [3.63, 3.8) is 0 Å². The number of rotatable bonds is 7. The van der Waals surface area contributed by atoms with E-state index in [2.05, 4.69) is 10.4 Å². The van der Waals surface area contributed by atoms with Crippen molar-refractivity contribution in [1.82, 2.24) is 15.1 Å². The molecule has 1 N–H and O–H groups in total. The van der Waals surface area contributed by atoms with Crippen molar-refractivity contribution in [1.29, 1.82) is 0 Å². The second-order valence-corrected chi connectivity index (χ2v) is 6.22. The quantitative estimate of drug-likeness (QED) is 0.660. The van der Waals surface area contributed by atoms with Gasteiger partial charge in [0.15, 0.2) is 11.5 Å². The number of nitrogens with zero attached hydrogens (tertiary/aromatic N) is 2. The maximum atomic E-state index is 14.0. The predicted molar refractivity (Wildman–Crippen MR) is 106 cm³/mol. The number of methoxy groups -OCH3 is 3. The SMILES string of the molecule is COc1cc(CNC(=O)c2cnn(-c3ccccc3F)c2C)cc(OC)c1OC. The lowest BCUT2D eigenvalue weighted by molar-refractivity contribution is 0.0950. The smallest absolute Gasteiger partial charge is 0.255 e. The third-order valence-corrected chi connectivity index (χ3v) is 4.51. The van der Waals surface area contributed by atoms with Crippen LogP contribution >= 0.6 is 0 Å². The second-order valence-electron chi connectivity index (χ2n) is 6.22. The molecular formula is C21H22FN3O4. The van der Waals surface area contributed by atoms with E-state index in [9.17, 15) is 9.18 Å². The molecule has 0 bridgehead atoms. The molecule has 8 heteroatoms. The molecule has 7 nitrogen and oxygen atoms in total. The lowest BCUT2D eigenvalue weighted by Gasteiger charge is -2.14. The molecule has 0 spiro atoms. The maximum absolute atomic E-state index is 14.0. The highest BCUT2D eigenvalue weighted by molar-refractivity contribution is 5.95. The molecule has 0 atom stereocenters. The standard InChI is InChI=1S/C21H22FN3O4/c1-13-15(12-24-25(13)17-8-6-5-7-16(17)22)21(26)23-11-14-9-18(27-2)20(29-4)19(10-14)28-3/h5-10,12H,11H2,1-4H3,(H,23,26). The lowest BCUT2D eigenvalue weighted by Crippen LogP contribution is -2.23. The minimum atomic E-state index is -0.414. The molecule has 0 unspecified atom stereocenters. The van der Waals surface area contributed by atoms with Crippen molar-refractivity contribution in [2.75, 3.05) is 21.3 Å². The first-order chi connectivity index (χ1) is 14.0. The summed E-state index contributed by atoms with van der Waals surface area (Å²) in [5.41, 5.74) is 1.96. The van der Waals surface area contributed by atoms with Gasteiger partial charge in [-0.25, -0.2) is 9.07 Å². The Morgan fingerprint density at radius 3 is 2.34 bits per heavy atom. The Labute approximate surface area is 168 Å². The minimum Gasteiger partial charge on any atom is -0.493 e. The number of amides is 1. The number of benzene rings is 2. The van der Waals surface area contributed by atoms with Crippen LogP contribution in [0.1, 0.15) is 21.6 Å². The van der Waals surface area contributed by atoms with Gasteiger partial charge in [0.25, 0.3) is 5.91 Å². The molecule has 1 aromatic heterocycles. The Hall–Kier alpha value is -3.55. The van der Waals surface area contributed by atoms with Crippen molar-refractivity contribution >= 4 is 5.91 Å². The first kappa shape index (κ1) is 20.2. The number of carbonyl (C=O) groups is 1. The molecule has 0 aliphatic heterocycles. The van der Waals surface area contributed by atoms with Gasteiger partial charge in [0.05, 0.1) is 38.8 Å². The van der Waals surface area contributed by atoms with Gasteiger partial charge < -0.3 is 19.5 Å². The van der Waals surface area contributed by atoms with Gasteiger partial charge in [-0.15, -0.1) is 0 Å². The van der Waals surface area contributed by atoms with Crippen LogP contribution in [0, 0.1) is 12.7 Å². The average molecular weight is 399 g/mol. The summed E-state index contributed by atoms with van der Waals surface area (Å²) >= 11 is 0. The van der Waals surface area contributed by atoms with E-state index in [-0.39, 0.29) is 18.1 Å². The molecule has 29 heavy (non-hydrogen) atoms. The van der Waals surface area contributed by atoms with Crippen molar-refractivity contribution in [2.24, 2.45) is 0 Å². The van der Waals surface area contributed by atoms with Crippen LogP contribution in [0.5, 0.6) is 17.2 Å². The normalized spacial score (nSPS) is 10.5. The molecule has 0 saturated heterocycles. The number of carbonyl (C=O) groups excluding carboxylic acids is 1. The highest BCUT2D eigenvalue weighted by Gasteiger charge is 2.18. The molecule has 3 aromatic rings. The first-order valence-corrected chi connectivity index (χ1v) is 8.86. The number of aromatic nitrogens is 2. The molecule has 3 rings (SSSR count). The van der Waals surface area contributed by atoms with E-state index in [0.29, 0.717) is 28.5 Å². The predicted octanol–water partition coefficient (Wildman–Crippen LogP) is 3.28. The Bertz CT molecular complexity index is 1010. The van der Waals surface area contributed by atoms with Gasteiger partial charge >= 0.3 is 0 Å². The van der Waals surface area contributed by atoms with Gasteiger partial charge in [0.1, 0.15) is 11.5 Å². The molecule has 0 aliphatic carbocycles. The van der Waals surface area contributed by atoms with Crippen molar-refractivity contribution in [3.8, 4) is 22.9 Å². The largest absolute Gasteiger partial charge is 0.493 e. The van der Waals surface area contributed by atoms with E-state index >= 15 is 0 Å². The molecular weight excluding hydrogens is 377 g/mol. The van der Waals surface area contributed by atoms with E-state index in [1.165, 1.54) is 38.3 Å². The molecule has 0 saturated carbocycles. The van der Waals surface area contributed by atoms with Crippen LogP contribution in [0.4, 0.5) is 4.39 Å². The van der Waals surface area contributed by atoms with Gasteiger partial charge in [-0.2, -0.15) is 5.10 Å². The topological polar surface area (TPSA) is 74.6 Å². The van der Waals surface area contributed by atoms with E-state index in [4.69, 9.17) is 14.2 Å². The van der Waals surface area contributed by atoms with Crippen LogP contribution < -0.4 is 19.5 Å². The van der Waals surface area contributed by atoms with Crippen LogP contribution in [0.15, 0.2) is 42.6 Å². The van der Waals surface area contributed by atoms with Gasteiger partial charge in [-0.1, -0.05) is 12.1 Å². The molecule has 1 heterocycles. The summed E-state index contributed by atoms with van der Waals surface area (Å²) < 4.78 is 31.4. The highest BCUT2D eigenvalue weighted by Crippen LogP contribution is 2.38. The molecule has 1 amide bonds. The summed E-state index contributed by atoms with van der Waals surface area (Å²) in [6.45, 7) is 1.95. The Balaban J connectivity index is 1.79. The molecule has 0 radical (unpaired) electrons. The first-order valence-electron chi connectivity index (χ1n) is 8.86. The third kappa shape index (κ3) is 4.01. The summed E-state index contributed by atoms with van der Waals surface area (Å²) in [5.74, 6) is 0.744. The average Bonchev–Trinajstić information content (AvgIpc) is 3.12. The van der Waals surface area contributed by atoms with Gasteiger partial charge in [0, 0.05) is 6.54 Å². The van der Waals surface area contributed by atoms with Crippen LogP contribution in [0.25, 0.3) is 5.69 Å².